The van der Waals surface area contributed by atoms with Crippen LogP contribution in [0.3, 0.4) is 0 Å². The number of nitrogens with zero attached hydrogens (tertiary/aromatic N) is 6. The zero-order chi connectivity index (χ0) is 12.3. The minimum atomic E-state index is -0.826. The zero-order valence-corrected chi connectivity index (χ0v) is 7.47. The number of nitrogens with two attached hydrogens (primary N) is 2. The number of rotatable bonds is 2. The third-order valence-electron chi connectivity index (χ3n) is 1.48. The van der Waals surface area contributed by atoms with Gasteiger partial charge in [-0.15, -0.1) is 0 Å². The first-order chi connectivity index (χ1) is 7.61. The number of nitro groups is 2. The van der Waals surface area contributed by atoms with Crippen molar-refractivity contribution in [1.82, 2.24) is 0 Å². The molecule has 2 heterocycles. The van der Waals surface area contributed by atoms with Crippen LogP contribution in [0.15, 0.2) is 43.5 Å². The molecule has 4 N–H and O–H groups in total. The predicted molar refractivity (Wildman–Crippen MR) is 46.1 cm³/mol. The van der Waals surface area contributed by atoms with Gasteiger partial charge in [-0.2, -0.15) is 0 Å². The SMILES string of the molecule is NN.O=[N+]([O-])C1=C2N=NC([N+](=O)[O-])=C2N=N1. The fourth-order valence-corrected chi connectivity index (χ4v) is 0.931. The lowest BCUT2D eigenvalue weighted by molar-refractivity contribution is -0.427. The molecule has 0 fully saturated rings. The second-order valence-electron chi connectivity index (χ2n) is 2.26. The van der Waals surface area contributed by atoms with Gasteiger partial charge >= 0.3 is 11.6 Å². The van der Waals surface area contributed by atoms with Gasteiger partial charge in [0.15, 0.2) is 0 Å². The Morgan fingerprint density at radius 2 is 1.12 bits per heavy atom. The van der Waals surface area contributed by atoms with Crippen LogP contribution in [0.2, 0.25) is 0 Å². The Morgan fingerprint density at radius 1 is 0.812 bits per heavy atom. The van der Waals surface area contributed by atoms with E-state index < -0.39 is 21.5 Å². The van der Waals surface area contributed by atoms with E-state index in [0.29, 0.717) is 0 Å². The van der Waals surface area contributed by atoms with Gasteiger partial charge in [-0.1, -0.05) is 0 Å². The molecule has 2 aliphatic rings. The van der Waals surface area contributed by atoms with Gasteiger partial charge in [-0.25, -0.2) is 0 Å². The number of fused-ring (bicyclic) bond motifs is 1. The van der Waals surface area contributed by atoms with Crippen LogP contribution < -0.4 is 11.7 Å². The second kappa shape index (κ2) is 4.28. The zero-order valence-electron chi connectivity index (χ0n) is 7.47. The van der Waals surface area contributed by atoms with Crippen LogP contribution in [0.5, 0.6) is 0 Å². The molecule has 84 valence electrons. The number of azo groups is 2. The third-order valence-corrected chi connectivity index (χ3v) is 1.48. The largest absolute Gasteiger partial charge is 0.423 e. The van der Waals surface area contributed by atoms with E-state index in [4.69, 9.17) is 0 Å². The normalized spacial score (nSPS) is 16.1. The lowest BCUT2D eigenvalue weighted by Gasteiger charge is -1.85. The second-order valence-corrected chi connectivity index (χ2v) is 2.26. The topological polar surface area (TPSA) is 188 Å². The van der Waals surface area contributed by atoms with Crippen molar-refractivity contribution in [3.8, 4) is 0 Å². The van der Waals surface area contributed by atoms with Crippen LogP contribution in [0.4, 0.5) is 0 Å². The van der Waals surface area contributed by atoms with Crippen LogP contribution in [0.1, 0.15) is 0 Å². The molecule has 0 unspecified atom stereocenters. The van der Waals surface area contributed by atoms with Gasteiger partial charge in [0.25, 0.3) is 0 Å². The monoisotopic (exact) mass is 228 g/mol. The Kier molecular flexibility index (Phi) is 3.07. The predicted octanol–water partition coefficient (Wildman–Crippen LogP) is -0.372. The quantitative estimate of drug-likeness (QED) is 0.368. The summed E-state index contributed by atoms with van der Waals surface area (Å²) in [4.78, 5) is 19.0. The molecule has 0 saturated carbocycles. The van der Waals surface area contributed by atoms with E-state index >= 15 is 0 Å². The first-order valence-corrected chi connectivity index (χ1v) is 3.56. The van der Waals surface area contributed by atoms with Crippen LogP contribution in [-0.2, 0) is 0 Å². The molecule has 0 aromatic heterocycles. The molecular formula is C4H4N8O4. The lowest BCUT2D eigenvalue weighted by Crippen LogP contribution is -2.02. The molecule has 0 aromatic rings. The summed E-state index contributed by atoms with van der Waals surface area (Å²) in [5.74, 6) is 6.75. The van der Waals surface area contributed by atoms with E-state index in [1.54, 1.807) is 0 Å². The highest BCUT2D eigenvalue weighted by Gasteiger charge is 2.42. The summed E-state index contributed by atoms with van der Waals surface area (Å²) >= 11 is 0. The van der Waals surface area contributed by atoms with Gasteiger partial charge in [0.05, 0.1) is 10.2 Å². The molecule has 2 aliphatic heterocycles. The van der Waals surface area contributed by atoms with E-state index in [2.05, 4.69) is 32.1 Å². The van der Waals surface area contributed by atoms with Crippen LogP contribution in [0.25, 0.3) is 0 Å². The summed E-state index contributed by atoms with van der Waals surface area (Å²) < 4.78 is 0. The van der Waals surface area contributed by atoms with E-state index in [9.17, 15) is 20.2 Å². The van der Waals surface area contributed by atoms with Gasteiger partial charge in [0, 0.05) is 0 Å². The number of hydrazine groups is 1. The minimum absolute atomic E-state index is 0.262. The van der Waals surface area contributed by atoms with Gasteiger partial charge in [-0.3, -0.25) is 11.7 Å². The summed E-state index contributed by atoms with van der Waals surface area (Å²) in [5, 5.41) is 33.5. The fourth-order valence-electron chi connectivity index (χ4n) is 0.931. The van der Waals surface area contributed by atoms with E-state index in [1.165, 1.54) is 0 Å². The number of hydrogen-bond acceptors (Lipinski definition) is 10. The van der Waals surface area contributed by atoms with Crippen molar-refractivity contribution in [1.29, 1.82) is 0 Å². The maximum atomic E-state index is 10.3. The smallest absolute Gasteiger partial charge is 0.358 e. The highest BCUT2D eigenvalue weighted by Crippen LogP contribution is 2.34. The van der Waals surface area contributed by atoms with Crippen molar-refractivity contribution in [2.24, 2.45) is 32.1 Å². The summed E-state index contributed by atoms with van der Waals surface area (Å²) in [7, 11) is 0. The first kappa shape index (κ1) is 11.5. The molecule has 0 spiro atoms. The van der Waals surface area contributed by atoms with E-state index in [-0.39, 0.29) is 11.4 Å². The Hall–Kier alpha value is -2.60. The van der Waals surface area contributed by atoms with E-state index in [1.807, 2.05) is 0 Å². The molecule has 0 aromatic carbocycles. The molecule has 0 bridgehead atoms. The maximum Gasteiger partial charge on any atom is 0.423 e. The van der Waals surface area contributed by atoms with Crippen LogP contribution in [0, 0.1) is 20.2 Å². The summed E-state index contributed by atoms with van der Waals surface area (Å²) in [6.07, 6.45) is 0. The summed E-state index contributed by atoms with van der Waals surface area (Å²) in [6.45, 7) is 0. The van der Waals surface area contributed by atoms with Crippen LogP contribution in [-0.4, -0.2) is 9.85 Å². The molecule has 0 saturated heterocycles. The first-order valence-electron chi connectivity index (χ1n) is 3.56. The summed E-state index contributed by atoms with van der Waals surface area (Å²) in [5.41, 5.74) is -0.525. The molecule has 0 radical (unpaired) electrons. The van der Waals surface area contributed by atoms with Crippen molar-refractivity contribution in [2.75, 3.05) is 0 Å². The van der Waals surface area contributed by atoms with Crippen LogP contribution >= 0.6 is 0 Å². The van der Waals surface area contributed by atoms with Crippen molar-refractivity contribution in [3.63, 3.8) is 0 Å². The molecule has 12 nitrogen and oxygen atoms in total. The average molecular weight is 228 g/mol. The van der Waals surface area contributed by atoms with Gasteiger partial charge in [0.2, 0.25) is 11.4 Å². The number of hydrogen-bond donors (Lipinski definition) is 2. The molecule has 12 heteroatoms. The Labute approximate surface area is 86.3 Å². The molecule has 16 heavy (non-hydrogen) atoms. The van der Waals surface area contributed by atoms with Crippen molar-refractivity contribution in [2.45, 2.75) is 0 Å². The molecule has 0 aliphatic carbocycles. The van der Waals surface area contributed by atoms with Crippen molar-refractivity contribution < 1.29 is 9.85 Å². The van der Waals surface area contributed by atoms with Gasteiger partial charge in [-0.05, 0) is 20.1 Å². The standard InChI is InChI=1S/C4N6O4.H4N2/c11-9(12)3-1-2(6-7-3)4(8-5-1)10(13)14;1-2/h;1-2H2. The summed E-state index contributed by atoms with van der Waals surface area (Å²) in [6, 6.07) is 0. The third kappa shape index (κ3) is 1.64. The lowest BCUT2D eigenvalue weighted by atomic mass is 10.3. The fraction of sp³-hybridized carbons (Fsp3) is 0. The molecular weight excluding hydrogens is 224 g/mol. The average Bonchev–Trinajstić information content (AvgIpc) is 2.78. The van der Waals surface area contributed by atoms with Gasteiger partial charge < -0.3 is 20.2 Å². The molecule has 0 atom stereocenters. The highest BCUT2D eigenvalue weighted by molar-refractivity contribution is 5.38. The van der Waals surface area contributed by atoms with E-state index in [0.717, 1.165) is 0 Å². The molecule has 2 rings (SSSR count). The minimum Gasteiger partial charge on any atom is -0.358 e. The Bertz CT molecular complexity index is 428. The Balaban J connectivity index is 0.000000606. The van der Waals surface area contributed by atoms with Gasteiger partial charge in [0.1, 0.15) is 0 Å². The molecule has 0 amide bonds. The highest BCUT2D eigenvalue weighted by atomic mass is 16.6. The van der Waals surface area contributed by atoms with Crippen molar-refractivity contribution in [3.05, 3.63) is 43.3 Å². The van der Waals surface area contributed by atoms with Crippen molar-refractivity contribution >= 4 is 0 Å². The maximum absolute atomic E-state index is 10.3. The Morgan fingerprint density at radius 3 is 1.38 bits per heavy atom.